The lowest BCUT2D eigenvalue weighted by atomic mass is 10.1. The maximum Gasteiger partial charge on any atom is 0.308 e. The fourth-order valence-corrected chi connectivity index (χ4v) is 3.18. The maximum atomic E-state index is 12.1. The third-order valence-electron chi connectivity index (χ3n) is 3.24. The zero-order chi connectivity index (χ0) is 16.1. The number of aromatic nitrogens is 1. The average Bonchev–Trinajstić information content (AvgIpc) is 2.78. The number of carboxylic acid groups (broad SMARTS) is 1. The van der Waals surface area contributed by atoms with Crippen LogP contribution in [0.3, 0.4) is 0 Å². The summed E-state index contributed by atoms with van der Waals surface area (Å²) in [5.41, 5.74) is 1.73. The standard InChI is InChI=1S/C16H18N2O3S/c1-10(12-6-4-3-5-7-12)17-14(19)9-15-18-11(2)13(22-15)8-16(20)21/h3-7,10H,8-9H2,1-2H3,(H,17,19)(H,20,21). The SMILES string of the molecule is Cc1nc(CC(=O)NC(C)c2ccccc2)sc1CC(=O)O. The van der Waals surface area contributed by atoms with Crippen molar-refractivity contribution in [3.63, 3.8) is 0 Å². The number of carbonyl (C=O) groups excluding carboxylic acids is 1. The summed E-state index contributed by atoms with van der Waals surface area (Å²) in [7, 11) is 0. The first-order chi connectivity index (χ1) is 10.5. The molecule has 0 radical (unpaired) electrons. The Labute approximate surface area is 133 Å². The van der Waals surface area contributed by atoms with Gasteiger partial charge in [0.05, 0.1) is 24.6 Å². The van der Waals surface area contributed by atoms with Gasteiger partial charge in [0.15, 0.2) is 0 Å². The van der Waals surface area contributed by atoms with Crippen LogP contribution < -0.4 is 5.32 Å². The van der Waals surface area contributed by atoms with Crippen molar-refractivity contribution in [1.82, 2.24) is 10.3 Å². The van der Waals surface area contributed by atoms with Gasteiger partial charge in [-0.25, -0.2) is 4.98 Å². The van der Waals surface area contributed by atoms with Crippen molar-refractivity contribution in [2.45, 2.75) is 32.7 Å². The second-order valence-corrected chi connectivity index (χ2v) is 6.23. The lowest BCUT2D eigenvalue weighted by Gasteiger charge is -2.13. The minimum absolute atomic E-state index is 0.0501. The Kier molecular flexibility index (Phi) is 5.27. The molecule has 0 spiro atoms. The molecule has 1 aromatic heterocycles. The largest absolute Gasteiger partial charge is 0.481 e. The number of hydrogen-bond acceptors (Lipinski definition) is 4. The van der Waals surface area contributed by atoms with E-state index < -0.39 is 5.97 Å². The van der Waals surface area contributed by atoms with E-state index in [1.165, 1.54) is 11.3 Å². The van der Waals surface area contributed by atoms with Crippen LogP contribution >= 0.6 is 11.3 Å². The van der Waals surface area contributed by atoms with Gasteiger partial charge in [0.1, 0.15) is 5.01 Å². The number of rotatable bonds is 6. The van der Waals surface area contributed by atoms with Gasteiger partial charge in [-0.1, -0.05) is 30.3 Å². The van der Waals surface area contributed by atoms with Crippen molar-refractivity contribution in [3.8, 4) is 0 Å². The minimum atomic E-state index is -0.888. The van der Waals surface area contributed by atoms with Crippen molar-refractivity contribution in [2.75, 3.05) is 0 Å². The molecule has 1 heterocycles. The van der Waals surface area contributed by atoms with Gasteiger partial charge in [-0.05, 0) is 19.4 Å². The van der Waals surface area contributed by atoms with E-state index in [2.05, 4.69) is 10.3 Å². The van der Waals surface area contributed by atoms with Crippen molar-refractivity contribution >= 4 is 23.2 Å². The Morgan fingerprint density at radius 1 is 1.27 bits per heavy atom. The molecule has 0 aliphatic carbocycles. The molecule has 0 saturated heterocycles. The van der Waals surface area contributed by atoms with E-state index in [-0.39, 0.29) is 24.8 Å². The Hall–Kier alpha value is -2.21. The number of aliphatic carboxylic acids is 1. The van der Waals surface area contributed by atoms with Crippen molar-refractivity contribution in [2.24, 2.45) is 0 Å². The zero-order valence-electron chi connectivity index (χ0n) is 12.5. The number of carboxylic acids is 1. The van der Waals surface area contributed by atoms with E-state index >= 15 is 0 Å². The normalized spacial score (nSPS) is 11.9. The number of nitrogens with one attached hydrogen (secondary N) is 1. The van der Waals surface area contributed by atoms with Gasteiger partial charge in [-0.3, -0.25) is 9.59 Å². The molecule has 6 heteroatoms. The molecular weight excluding hydrogens is 300 g/mol. The summed E-state index contributed by atoms with van der Waals surface area (Å²) in [4.78, 5) is 27.8. The van der Waals surface area contributed by atoms with Crippen LogP contribution in [0.25, 0.3) is 0 Å². The van der Waals surface area contributed by atoms with E-state index in [1.807, 2.05) is 37.3 Å². The molecule has 1 aromatic carbocycles. The van der Waals surface area contributed by atoms with E-state index in [4.69, 9.17) is 5.11 Å². The first-order valence-electron chi connectivity index (χ1n) is 6.97. The Morgan fingerprint density at radius 3 is 2.59 bits per heavy atom. The number of thiazole rings is 1. The third kappa shape index (κ3) is 4.39. The number of hydrogen-bond donors (Lipinski definition) is 2. The van der Waals surface area contributed by atoms with Crippen LogP contribution in [-0.4, -0.2) is 22.0 Å². The molecule has 5 nitrogen and oxygen atoms in total. The number of benzene rings is 1. The van der Waals surface area contributed by atoms with Crippen molar-refractivity contribution in [3.05, 3.63) is 51.5 Å². The number of carbonyl (C=O) groups is 2. The summed E-state index contributed by atoms with van der Waals surface area (Å²) < 4.78 is 0. The van der Waals surface area contributed by atoms with Crippen LogP contribution in [0.5, 0.6) is 0 Å². The predicted molar refractivity (Wildman–Crippen MR) is 84.9 cm³/mol. The van der Waals surface area contributed by atoms with Crippen LogP contribution in [0.15, 0.2) is 30.3 Å². The third-order valence-corrected chi connectivity index (χ3v) is 4.39. The smallest absolute Gasteiger partial charge is 0.308 e. The van der Waals surface area contributed by atoms with Crippen molar-refractivity contribution in [1.29, 1.82) is 0 Å². The molecule has 0 aliphatic rings. The van der Waals surface area contributed by atoms with E-state index in [0.717, 1.165) is 5.56 Å². The Balaban J connectivity index is 1.96. The Bertz CT molecular complexity index is 667. The first-order valence-corrected chi connectivity index (χ1v) is 7.78. The summed E-state index contributed by atoms with van der Waals surface area (Å²) in [6.07, 6.45) is 0.119. The molecule has 1 amide bonds. The molecular formula is C16H18N2O3S. The number of nitrogens with zero attached hydrogens (tertiary/aromatic N) is 1. The second-order valence-electron chi connectivity index (χ2n) is 5.06. The molecule has 0 saturated carbocycles. The van der Waals surface area contributed by atoms with Crippen LogP contribution in [-0.2, 0) is 22.4 Å². The van der Waals surface area contributed by atoms with Crippen molar-refractivity contribution < 1.29 is 14.7 Å². The molecule has 2 N–H and O–H groups in total. The highest BCUT2D eigenvalue weighted by atomic mass is 32.1. The van der Waals surface area contributed by atoms with Gasteiger partial charge in [0.25, 0.3) is 0 Å². The van der Waals surface area contributed by atoms with Crippen LogP contribution in [0.4, 0.5) is 0 Å². The van der Waals surface area contributed by atoms with Gasteiger partial charge in [-0.15, -0.1) is 11.3 Å². The molecule has 0 fully saturated rings. The van der Waals surface area contributed by atoms with Gasteiger partial charge in [-0.2, -0.15) is 0 Å². The highest BCUT2D eigenvalue weighted by molar-refractivity contribution is 7.11. The zero-order valence-corrected chi connectivity index (χ0v) is 13.3. The molecule has 2 rings (SSSR count). The number of aryl methyl sites for hydroxylation is 1. The minimum Gasteiger partial charge on any atom is -0.481 e. The molecule has 0 aliphatic heterocycles. The summed E-state index contributed by atoms with van der Waals surface area (Å²) in [5, 5.41) is 12.4. The average molecular weight is 318 g/mol. The highest BCUT2D eigenvalue weighted by Crippen LogP contribution is 2.19. The highest BCUT2D eigenvalue weighted by Gasteiger charge is 2.15. The molecule has 0 bridgehead atoms. The van der Waals surface area contributed by atoms with Gasteiger partial charge in [0.2, 0.25) is 5.91 Å². The van der Waals surface area contributed by atoms with E-state index in [1.54, 1.807) is 6.92 Å². The van der Waals surface area contributed by atoms with E-state index in [9.17, 15) is 9.59 Å². The lowest BCUT2D eigenvalue weighted by molar-refractivity contribution is -0.136. The molecule has 22 heavy (non-hydrogen) atoms. The fourth-order valence-electron chi connectivity index (χ4n) is 2.12. The predicted octanol–water partition coefficient (Wildman–Crippen LogP) is 2.50. The summed E-state index contributed by atoms with van der Waals surface area (Å²) in [5.74, 6) is -1.01. The number of amides is 1. The molecule has 116 valence electrons. The maximum absolute atomic E-state index is 12.1. The fraction of sp³-hybridized carbons (Fsp3) is 0.312. The van der Waals surface area contributed by atoms with Gasteiger partial charge in [0, 0.05) is 4.88 Å². The van der Waals surface area contributed by atoms with Gasteiger partial charge < -0.3 is 10.4 Å². The lowest BCUT2D eigenvalue weighted by Crippen LogP contribution is -2.28. The molecule has 1 unspecified atom stereocenters. The van der Waals surface area contributed by atoms with Crippen LogP contribution in [0, 0.1) is 6.92 Å². The first kappa shape index (κ1) is 16.2. The quantitative estimate of drug-likeness (QED) is 0.857. The molecule has 1 atom stereocenters. The summed E-state index contributed by atoms with van der Waals surface area (Å²) in [6, 6.07) is 9.64. The molecule has 2 aromatic rings. The topological polar surface area (TPSA) is 79.3 Å². The van der Waals surface area contributed by atoms with Crippen LogP contribution in [0.2, 0.25) is 0 Å². The Morgan fingerprint density at radius 2 is 1.95 bits per heavy atom. The summed E-state index contributed by atoms with van der Waals surface area (Å²) in [6.45, 7) is 3.69. The summed E-state index contributed by atoms with van der Waals surface area (Å²) >= 11 is 1.29. The monoisotopic (exact) mass is 318 g/mol. The van der Waals surface area contributed by atoms with E-state index in [0.29, 0.717) is 15.6 Å². The second kappa shape index (κ2) is 7.17. The van der Waals surface area contributed by atoms with Gasteiger partial charge >= 0.3 is 5.97 Å². The van der Waals surface area contributed by atoms with Crippen LogP contribution in [0.1, 0.15) is 34.1 Å².